The fraction of sp³-hybridized carbons (Fsp3) is 0.538. The third-order valence-electron chi connectivity index (χ3n) is 3.56. The van der Waals surface area contributed by atoms with Gasteiger partial charge in [0.25, 0.3) is 0 Å². The highest BCUT2D eigenvalue weighted by Gasteiger charge is 2.34. The van der Waals surface area contributed by atoms with Gasteiger partial charge in [-0.1, -0.05) is 6.42 Å². The molecule has 2 rings (SSSR count). The molecule has 0 aliphatic carbocycles. The Labute approximate surface area is 119 Å². The van der Waals surface area contributed by atoms with Gasteiger partial charge in [-0.2, -0.15) is 4.31 Å². The maximum Gasteiger partial charge on any atom is 0.247 e. The Hall–Kier alpha value is -1.31. The van der Waals surface area contributed by atoms with E-state index in [-0.39, 0.29) is 23.3 Å². The van der Waals surface area contributed by atoms with E-state index in [2.05, 4.69) is 0 Å². The second-order valence-corrected chi connectivity index (χ2v) is 6.72. The van der Waals surface area contributed by atoms with Crippen LogP contribution in [0, 0.1) is 0 Å². The van der Waals surface area contributed by atoms with Crippen LogP contribution in [0.2, 0.25) is 0 Å². The Morgan fingerprint density at radius 1 is 1.45 bits per heavy atom. The summed E-state index contributed by atoms with van der Waals surface area (Å²) in [5.74, 6) is 0.229. The molecule has 6 nitrogen and oxygen atoms in total. The van der Waals surface area contributed by atoms with Crippen molar-refractivity contribution in [3.63, 3.8) is 0 Å². The molecule has 1 saturated heterocycles. The number of piperidine rings is 1. The van der Waals surface area contributed by atoms with Gasteiger partial charge in [0, 0.05) is 24.3 Å². The third-order valence-corrected chi connectivity index (χ3v) is 5.55. The average molecular weight is 300 g/mol. The van der Waals surface area contributed by atoms with Gasteiger partial charge >= 0.3 is 0 Å². The average Bonchev–Trinajstić information content (AvgIpc) is 2.46. The molecule has 0 bridgehead atoms. The summed E-state index contributed by atoms with van der Waals surface area (Å²) in [4.78, 5) is 0.0922. The molecule has 1 aromatic carbocycles. The highest BCUT2D eigenvalue weighted by atomic mass is 32.2. The van der Waals surface area contributed by atoms with E-state index in [9.17, 15) is 13.5 Å². The van der Waals surface area contributed by atoms with E-state index in [1.807, 2.05) is 0 Å². The van der Waals surface area contributed by atoms with Crippen molar-refractivity contribution < 1.29 is 18.3 Å². The van der Waals surface area contributed by atoms with Gasteiger partial charge in [0.15, 0.2) is 0 Å². The van der Waals surface area contributed by atoms with Crippen molar-refractivity contribution in [2.75, 3.05) is 26.0 Å². The molecule has 0 saturated carbocycles. The third kappa shape index (κ3) is 2.74. The smallest absolute Gasteiger partial charge is 0.247 e. The van der Waals surface area contributed by atoms with E-state index in [0.717, 1.165) is 12.8 Å². The molecule has 20 heavy (non-hydrogen) atoms. The summed E-state index contributed by atoms with van der Waals surface area (Å²) in [6.07, 6.45) is 2.40. The number of methoxy groups -OCH3 is 1. The lowest BCUT2D eigenvalue weighted by Gasteiger charge is -2.33. The van der Waals surface area contributed by atoms with Crippen LogP contribution in [0.3, 0.4) is 0 Å². The molecule has 1 aromatic rings. The molecule has 3 N–H and O–H groups in total. The lowest BCUT2D eigenvalue weighted by atomic mass is 10.1. The van der Waals surface area contributed by atoms with Gasteiger partial charge in [0.05, 0.1) is 13.7 Å². The van der Waals surface area contributed by atoms with Crippen molar-refractivity contribution in [3.05, 3.63) is 18.2 Å². The molecule has 1 heterocycles. The Morgan fingerprint density at radius 3 is 2.85 bits per heavy atom. The Kier molecular flexibility index (Phi) is 4.52. The molecule has 0 aromatic heterocycles. The summed E-state index contributed by atoms with van der Waals surface area (Å²) in [7, 11) is -2.28. The minimum Gasteiger partial charge on any atom is -0.495 e. The topological polar surface area (TPSA) is 92.9 Å². The molecule has 1 aliphatic rings. The molecule has 112 valence electrons. The SMILES string of the molecule is COc1cc(N)ccc1S(=O)(=O)N1CCCCC1CO. The van der Waals surface area contributed by atoms with Crippen LogP contribution < -0.4 is 10.5 Å². The first kappa shape index (κ1) is 15.1. The van der Waals surface area contributed by atoms with Crippen LogP contribution in [0.5, 0.6) is 5.75 Å². The van der Waals surface area contributed by atoms with Crippen molar-refractivity contribution >= 4 is 15.7 Å². The zero-order valence-corrected chi connectivity index (χ0v) is 12.3. The molecule has 7 heteroatoms. The van der Waals surface area contributed by atoms with Gasteiger partial charge in [-0.05, 0) is 25.0 Å². The van der Waals surface area contributed by atoms with Crippen molar-refractivity contribution in [2.45, 2.75) is 30.2 Å². The van der Waals surface area contributed by atoms with Gasteiger partial charge in [0.1, 0.15) is 10.6 Å². The van der Waals surface area contributed by atoms with Gasteiger partial charge in [0.2, 0.25) is 10.0 Å². The summed E-state index contributed by atoms with van der Waals surface area (Å²) in [5.41, 5.74) is 6.09. The van der Waals surface area contributed by atoms with E-state index in [0.29, 0.717) is 18.7 Å². The number of nitrogens with zero attached hydrogens (tertiary/aromatic N) is 1. The summed E-state index contributed by atoms with van der Waals surface area (Å²) < 4.78 is 32.0. The number of sulfonamides is 1. The maximum absolute atomic E-state index is 12.7. The minimum atomic E-state index is -3.69. The molecular weight excluding hydrogens is 280 g/mol. The number of anilines is 1. The zero-order chi connectivity index (χ0) is 14.8. The molecular formula is C13H20N2O4S. The number of nitrogens with two attached hydrogens (primary N) is 1. The molecule has 1 fully saturated rings. The van der Waals surface area contributed by atoms with Crippen LogP contribution in [0.1, 0.15) is 19.3 Å². The number of hydrogen-bond donors (Lipinski definition) is 2. The van der Waals surface area contributed by atoms with Crippen LogP contribution >= 0.6 is 0 Å². The molecule has 1 aliphatic heterocycles. The van der Waals surface area contributed by atoms with Crippen LogP contribution in [-0.2, 0) is 10.0 Å². The monoisotopic (exact) mass is 300 g/mol. The van der Waals surface area contributed by atoms with Crippen LogP contribution in [-0.4, -0.2) is 44.1 Å². The fourth-order valence-electron chi connectivity index (χ4n) is 2.50. The summed E-state index contributed by atoms with van der Waals surface area (Å²) in [6, 6.07) is 4.11. The molecule has 0 radical (unpaired) electrons. The second kappa shape index (κ2) is 5.99. The van der Waals surface area contributed by atoms with Crippen molar-refractivity contribution in [2.24, 2.45) is 0 Å². The number of rotatable bonds is 4. The number of ether oxygens (including phenoxy) is 1. The van der Waals surface area contributed by atoms with E-state index in [1.54, 1.807) is 0 Å². The Balaban J connectivity index is 2.43. The molecule has 1 unspecified atom stereocenters. The number of aliphatic hydroxyl groups excluding tert-OH is 1. The first-order chi connectivity index (χ1) is 9.50. The zero-order valence-electron chi connectivity index (χ0n) is 11.4. The van der Waals surface area contributed by atoms with Crippen molar-refractivity contribution in [1.29, 1.82) is 0 Å². The lowest BCUT2D eigenvalue weighted by Crippen LogP contribution is -2.45. The highest BCUT2D eigenvalue weighted by Crippen LogP contribution is 2.32. The van der Waals surface area contributed by atoms with E-state index in [4.69, 9.17) is 10.5 Å². The van der Waals surface area contributed by atoms with Gasteiger partial charge in [-0.25, -0.2) is 8.42 Å². The normalized spacial score (nSPS) is 20.8. The van der Waals surface area contributed by atoms with Gasteiger partial charge < -0.3 is 15.6 Å². The van der Waals surface area contributed by atoms with E-state index >= 15 is 0 Å². The minimum absolute atomic E-state index is 0.0922. The first-order valence-corrected chi connectivity index (χ1v) is 8.01. The summed E-state index contributed by atoms with van der Waals surface area (Å²) in [6.45, 7) is 0.248. The highest BCUT2D eigenvalue weighted by molar-refractivity contribution is 7.89. The van der Waals surface area contributed by atoms with Crippen molar-refractivity contribution in [1.82, 2.24) is 4.31 Å². The Bertz CT molecular complexity index is 574. The molecule has 0 amide bonds. The quantitative estimate of drug-likeness (QED) is 0.803. The number of benzene rings is 1. The van der Waals surface area contributed by atoms with Gasteiger partial charge in [-0.15, -0.1) is 0 Å². The Morgan fingerprint density at radius 2 is 2.20 bits per heavy atom. The second-order valence-electron chi connectivity index (χ2n) is 4.86. The number of nitrogen functional groups attached to an aromatic ring is 1. The molecule has 1 atom stereocenters. The predicted molar refractivity (Wildman–Crippen MR) is 76.0 cm³/mol. The number of hydrogen-bond acceptors (Lipinski definition) is 5. The first-order valence-electron chi connectivity index (χ1n) is 6.57. The van der Waals surface area contributed by atoms with Crippen LogP contribution in [0.15, 0.2) is 23.1 Å². The largest absolute Gasteiger partial charge is 0.495 e. The number of aliphatic hydroxyl groups is 1. The van der Waals surface area contributed by atoms with E-state index in [1.165, 1.54) is 29.6 Å². The maximum atomic E-state index is 12.7. The summed E-state index contributed by atoms with van der Waals surface area (Å²) in [5, 5.41) is 9.38. The summed E-state index contributed by atoms with van der Waals surface area (Å²) >= 11 is 0. The van der Waals surface area contributed by atoms with Crippen molar-refractivity contribution in [3.8, 4) is 5.75 Å². The van der Waals surface area contributed by atoms with Crippen LogP contribution in [0.25, 0.3) is 0 Å². The van der Waals surface area contributed by atoms with Gasteiger partial charge in [-0.3, -0.25) is 0 Å². The standard InChI is InChI=1S/C13H20N2O4S/c1-19-12-8-10(14)5-6-13(12)20(17,18)15-7-3-2-4-11(15)9-16/h5-6,8,11,16H,2-4,7,9,14H2,1H3. The van der Waals surface area contributed by atoms with Crippen LogP contribution in [0.4, 0.5) is 5.69 Å². The fourth-order valence-corrected chi connectivity index (χ4v) is 4.32. The lowest BCUT2D eigenvalue weighted by molar-refractivity contribution is 0.155. The van der Waals surface area contributed by atoms with E-state index < -0.39 is 10.0 Å². The predicted octanol–water partition coefficient (Wildman–Crippen LogP) is 0.813. The molecule has 0 spiro atoms.